The second-order valence-corrected chi connectivity index (χ2v) is 28.7. The van der Waals surface area contributed by atoms with E-state index in [0.29, 0.717) is 12.8 Å². The minimum atomic E-state index is -1.59. The Morgan fingerprint density at radius 3 is 1.30 bits per heavy atom. The molecule has 2 fully saturated rings. The molecule has 24 nitrogen and oxygen atoms in total. The number of carbonyl (C=O) groups excluding carboxylic acids is 11. The van der Waals surface area contributed by atoms with Crippen LogP contribution in [0.4, 0.5) is 0 Å². The Morgan fingerprint density at radius 1 is 0.418 bits per heavy atom. The van der Waals surface area contributed by atoms with E-state index in [1.165, 1.54) is 106 Å². The number of rotatable bonds is 17. The summed E-state index contributed by atoms with van der Waals surface area (Å²) in [7, 11) is 10.1. The summed E-state index contributed by atoms with van der Waals surface area (Å²) >= 11 is 0. The lowest BCUT2D eigenvalue weighted by molar-refractivity contribution is -0.157. The molecule has 5 N–H and O–H groups in total. The summed E-state index contributed by atoms with van der Waals surface area (Å²) in [6, 6.07) is -13.5. The lowest BCUT2D eigenvalue weighted by atomic mass is 9.90. The molecule has 2 aliphatic heterocycles. The summed E-state index contributed by atoms with van der Waals surface area (Å²) in [5.74, 6) is -9.53. The molecule has 0 aromatic rings. The van der Waals surface area contributed by atoms with E-state index in [4.69, 9.17) is 0 Å². The van der Waals surface area contributed by atoms with Crippen molar-refractivity contribution >= 4 is 65.0 Å². The molecular formula is C67H122N12O12. The first-order valence-corrected chi connectivity index (χ1v) is 33.6. The quantitative estimate of drug-likeness (QED) is 0.138. The van der Waals surface area contributed by atoms with E-state index in [1.54, 1.807) is 41.5 Å². The van der Waals surface area contributed by atoms with E-state index < -0.39 is 155 Å². The Morgan fingerprint density at radius 2 is 0.835 bits per heavy atom. The number of hydrogen-bond donors (Lipinski definition) is 5. The van der Waals surface area contributed by atoms with Gasteiger partial charge in [0.2, 0.25) is 65.0 Å². The first kappa shape index (κ1) is 81.2. The largest absolute Gasteiger partial charge is 0.390 e. The molecule has 522 valence electrons. The van der Waals surface area contributed by atoms with E-state index in [0.717, 1.165) is 37.4 Å². The SMILES string of the molecule is CC[C@@H]1NC(=O)[C@H]([C@H](O)[C@H](C)CCCN2CCCCC2)N(C)C(=O)[C@H](C(C)C)N(C)C(=O)[C@H](CC(C)C)N(C)C(=O)[C@H](CC(C)C)N(C)C(=O)[C@@H](C)NC(=O)[C@H](C)NC(=O)[C@H](CC(C)C)N(C)C(=O)[C@H](C(C)C)NC(=O)[C@H](CC(C)C)N(C)C(=O)[C@@H](C)N(C)C1=O. The Labute approximate surface area is 546 Å². The Bertz CT molecular complexity index is 2450. The molecular weight excluding hydrogens is 1160 g/mol. The molecule has 0 saturated carbocycles. The topological polar surface area (TPSA) is 282 Å². The average Bonchev–Trinajstić information content (AvgIpc) is 0.883. The number of likely N-dealkylation sites (tertiary alicyclic amines) is 1. The summed E-state index contributed by atoms with van der Waals surface area (Å²) in [5.41, 5.74) is 0. The molecule has 24 heteroatoms. The van der Waals surface area contributed by atoms with Gasteiger partial charge in [-0.05, 0) is 140 Å². The van der Waals surface area contributed by atoms with Gasteiger partial charge in [0.05, 0.1) is 6.10 Å². The summed E-state index contributed by atoms with van der Waals surface area (Å²) in [6.07, 6.45) is 3.73. The highest BCUT2D eigenvalue weighted by atomic mass is 16.3. The highest BCUT2D eigenvalue weighted by molar-refractivity contribution is 6.00. The number of likely N-dealkylation sites (N-methyl/N-ethyl adjacent to an activating group) is 7. The zero-order valence-corrected chi connectivity index (χ0v) is 60.2. The molecule has 0 aromatic carbocycles. The van der Waals surface area contributed by atoms with Crippen molar-refractivity contribution in [2.24, 2.45) is 41.4 Å². The Balaban J connectivity index is 2.99. The van der Waals surface area contributed by atoms with Gasteiger partial charge in [0.15, 0.2) is 0 Å². The van der Waals surface area contributed by atoms with Gasteiger partial charge >= 0.3 is 0 Å². The van der Waals surface area contributed by atoms with Gasteiger partial charge in [-0.2, -0.15) is 0 Å². The molecule has 2 saturated heterocycles. The van der Waals surface area contributed by atoms with Crippen molar-refractivity contribution in [2.75, 3.05) is 69.0 Å². The standard InChI is InChI=1S/C67H122N12O12/c1-25-48-63(87)72(18)47(17)62(86)73(19)50(35-39(4)5)59(83)71-53(42(10)11)66(90)74(20)49(34-38(2)3)58(82)68-45(15)57(81)69-46(16)61(85)75(21)51(36-40(6)7)64(88)76(22)52(37-41(8)9)65(89)77(23)54(43(12)13)67(91)78(24)55(60(84)70-48)56(80)44(14)30-29-33-79-31-27-26-28-32-79/h38-56,80H,25-37H2,1-24H3,(H,68,82)(H,69,81)(H,70,84)(H,71,83)/t44-,45+,46-,47-,48+,49+,50+,51+,52+,53+,54+,55+,56-/m1/s1. The fourth-order valence-electron chi connectivity index (χ4n) is 12.4. The van der Waals surface area contributed by atoms with Crippen molar-refractivity contribution in [2.45, 2.75) is 254 Å². The molecule has 0 spiro atoms. The number of nitrogens with zero attached hydrogens (tertiary/aromatic N) is 8. The first-order chi connectivity index (χ1) is 42.2. The third-order valence-electron chi connectivity index (χ3n) is 18.4. The number of nitrogens with one attached hydrogen (secondary N) is 4. The number of aliphatic hydroxyl groups excluding tert-OH is 1. The number of piperidine rings is 1. The minimum Gasteiger partial charge on any atom is -0.390 e. The molecule has 2 rings (SSSR count). The average molecular weight is 1290 g/mol. The number of carbonyl (C=O) groups is 11. The van der Waals surface area contributed by atoms with E-state index in [9.17, 15) is 38.7 Å². The summed E-state index contributed by atoms with van der Waals surface area (Å²) in [4.78, 5) is 173. The predicted octanol–water partition coefficient (Wildman–Crippen LogP) is 3.96. The molecule has 91 heavy (non-hydrogen) atoms. The van der Waals surface area contributed by atoms with Gasteiger partial charge in [-0.3, -0.25) is 52.7 Å². The van der Waals surface area contributed by atoms with Crippen LogP contribution in [-0.4, -0.2) is 251 Å². The van der Waals surface area contributed by atoms with Crippen molar-refractivity contribution < 1.29 is 57.8 Å². The van der Waals surface area contributed by atoms with Crippen molar-refractivity contribution in [3.05, 3.63) is 0 Å². The van der Waals surface area contributed by atoms with Crippen LogP contribution in [0.1, 0.15) is 182 Å². The molecule has 0 aromatic heterocycles. The second-order valence-electron chi connectivity index (χ2n) is 28.7. The molecule has 13 atom stereocenters. The van der Waals surface area contributed by atoms with Crippen LogP contribution in [0.25, 0.3) is 0 Å². The van der Waals surface area contributed by atoms with Crippen LogP contribution < -0.4 is 21.3 Å². The second kappa shape index (κ2) is 37.1. The minimum absolute atomic E-state index is 0.0268. The Hall–Kier alpha value is -5.91. The third-order valence-corrected chi connectivity index (χ3v) is 18.4. The lowest BCUT2D eigenvalue weighted by Crippen LogP contribution is -2.64. The highest BCUT2D eigenvalue weighted by Gasteiger charge is 2.46. The van der Waals surface area contributed by atoms with Crippen LogP contribution in [0.15, 0.2) is 0 Å². The molecule has 2 aliphatic rings. The fraction of sp³-hybridized carbons (Fsp3) is 0.836. The molecule has 2 heterocycles. The maximum atomic E-state index is 15.4. The monoisotopic (exact) mass is 1290 g/mol. The van der Waals surface area contributed by atoms with E-state index in [2.05, 4.69) is 26.2 Å². The summed E-state index contributed by atoms with van der Waals surface area (Å²) < 4.78 is 0. The lowest BCUT2D eigenvalue weighted by Gasteiger charge is -2.41. The summed E-state index contributed by atoms with van der Waals surface area (Å²) in [5, 5.41) is 23.6. The maximum absolute atomic E-state index is 15.4. The van der Waals surface area contributed by atoms with Crippen LogP contribution in [0, 0.1) is 41.4 Å². The predicted molar refractivity (Wildman–Crippen MR) is 353 cm³/mol. The smallest absolute Gasteiger partial charge is 0.246 e. The summed E-state index contributed by atoms with van der Waals surface area (Å²) in [6.45, 7) is 32.6. The number of hydrogen-bond acceptors (Lipinski definition) is 13. The third kappa shape index (κ3) is 22.7. The zero-order chi connectivity index (χ0) is 70.0. The first-order valence-electron chi connectivity index (χ1n) is 33.6. The molecule has 0 unspecified atom stereocenters. The molecule has 0 radical (unpaired) electrons. The van der Waals surface area contributed by atoms with Crippen LogP contribution >= 0.6 is 0 Å². The van der Waals surface area contributed by atoms with Gasteiger partial charge in [-0.25, -0.2) is 0 Å². The molecule has 0 aliphatic carbocycles. The fourth-order valence-corrected chi connectivity index (χ4v) is 12.4. The van der Waals surface area contributed by atoms with Crippen molar-refractivity contribution in [1.29, 1.82) is 0 Å². The van der Waals surface area contributed by atoms with Gasteiger partial charge in [0, 0.05) is 49.3 Å². The number of amides is 11. The van der Waals surface area contributed by atoms with Crippen molar-refractivity contribution in [3.8, 4) is 0 Å². The number of aliphatic hydroxyl groups is 1. The van der Waals surface area contributed by atoms with E-state index in [-0.39, 0.29) is 55.8 Å². The molecule has 0 bridgehead atoms. The maximum Gasteiger partial charge on any atom is 0.246 e. The normalized spacial score (nSPS) is 27.9. The zero-order valence-electron chi connectivity index (χ0n) is 60.2. The van der Waals surface area contributed by atoms with Gasteiger partial charge in [0.25, 0.3) is 0 Å². The van der Waals surface area contributed by atoms with Gasteiger partial charge < -0.3 is 65.6 Å². The molecule has 11 amide bonds. The van der Waals surface area contributed by atoms with Gasteiger partial charge in [0.1, 0.15) is 66.5 Å². The van der Waals surface area contributed by atoms with Crippen LogP contribution in [0.5, 0.6) is 0 Å². The van der Waals surface area contributed by atoms with Gasteiger partial charge in [-0.15, -0.1) is 0 Å². The van der Waals surface area contributed by atoms with Crippen molar-refractivity contribution in [3.63, 3.8) is 0 Å². The van der Waals surface area contributed by atoms with Crippen LogP contribution in [-0.2, 0) is 52.7 Å². The van der Waals surface area contributed by atoms with E-state index >= 15 is 19.2 Å². The van der Waals surface area contributed by atoms with Crippen LogP contribution in [0.2, 0.25) is 0 Å². The Kier molecular flexibility index (Phi) is 33.1. The van der Waals surface area contributed by atoms with E-state index in [1.807, 2.05) is 55.4 Å². The van der Waals surface area contributed by atoms with Crippen LogP contribution in [0.3, 0.4) is 0 Å². The highest BCUT2D eigenvalue weighted by Crippen LogP contribution is 2.27. The van der Waals surface area contributed by atoms with Crippen molar-refractivity contribution in [1.82, 2.24) is 60.5 Å². The van der Waals surface area contributed by atoms with Gasteiger partial charge in [-0.1, -0.05) is 103 Å².